The van der Waals surface area contributed by atoms with E-state index in [-0.39, 0.29) is 0 Å². The van der Waals surface area contributed by atoms with Crippen LogP contribution in [0.15, 0.2) is 24.3 Å². The minimum absolute atomic E-state index is 0.930. The van der Waals surface area contributed by atoms with Crippen molar-refractivity contribution in [3.63, 3.8) is 0 Å². The molecule has 0 N–H and O–H groups in total. The molecule has 2 nitrogen and oxygen atoms in total. The average molecular weight is 441 g/mol. The summed E-state index contributed by atoms with van der Waals surface area (Å²) >= 11 is 0. The van der Waals surface area contributed by atoms with Crippen LogP contribution in [0.1, 0.15) is 103 Å². The molecular weight excluding hydrogens is 388 g/mol. The zero-order chi connectivity index (χ0) is 21.8. The highest BCUT2D eigenvalue weighted by Crippen LogP contribution is 2.40. The highest BCUT2D eigenvalue weighted by atomic mass is 15.1. The van der Waals surface area contributed by atoms with E-state index in [4.69, 9.17) is 0 Å². The van der Waals surface area contributed by atoms with Crippen LogP contribution in [0.4, 0.5) is 0 Å². The Balaban J connectivity index is 1.49. The molecule has 0 aromatic carbocycles. The fourth-order valence-electron chi connectivity index (χ4n) is 7.32. The average Bonchev–Trinajstić information content (AvgIpc) is 2.80. The maximum absolute atomic E-state index is 2.91. The first-order valence-corrected chi connectivity index (χ1v) is 14.6. The third-order valence-corrected chi connectivity index (χ3v) is 9.10. The van der Waals surface area contributed by atoms with Gasteiger partial charge in [-0.05, 0) is 120 Å². The Morgan fingerprint density at radius 3 is 1.88 bits per heavy atom. The molecule has 182 valence electrons. The molecule has 2 fully saturated rings. The van der Waals surface area contributed by atoms with E-state index in [0.717, 1.165) is 23.7 Å². The Bertz CT molecular complexity index is 567. The fraction of sp³-hybridized carbons (Fsp3) is 0.867. The van der Waals surface area contributed by atoms with E-state index in [0.29, 0.717) is 0 Å². The molecule has 0 aromatic heterocycles. The molecular formula is C30H52N2. The summed E-state index contributed by atoms with van der Waals surface area (Å²) in [5, 5.41) is 0. The molecule has 32 heavy (non-hydrogen) atoms. The van der Waals surface area contributed by atoms with Crippen molar-refractivity contribution in [1.29, 1.82) is 0 Å². The monoisotopic (exact) mass is 440 g/mol. The second kappa shape index (κ2) is 14.0. The van der Waals surface area contributed by atoms with Gasteiger partial charge in [-0.1, -0.05) is 50.0 Å². The van der Waals surface area contributed by atoms with Gasteiger partial charge in [0, 0.05) is 19.6 Å². The summed E-state index contributed by atoms with van der Waals surface area (Å²) in [6.07, 6.45) is 32.5. The maximum Gasteiger partial charge on any atom is 0.00127 e. The van der Waals surface area contributed by atoms with E-state index in [2.05, 4.69) is 34.1 Å². The highest BCUT2D eigenvalue weighted by Gasteiger charge is 2.38. The summed E-state index contributed by atoms with van der Waals surface area (Å²) in [7, 11) is 0. The molecule has 0 saturated carbocycles. The largest absolute Gasteiger partial charge is 0.303 e. The number of nitrogens with zero attached hydrogens (tertiary/aromatic N) is 2. The molecule has 5 heterocycles. The molecule has 6 unspecified atom stereocenters. The number of hydrogen-bond donors (Lipinski definition) is 0. The molecule has 2 saturated heterocycles. The number of rotatable bonds is 0. The number of allylic oxidation sites excluding steroid dienone is 4. The standard InChI is InChI=1S/C30H52N2/c1-3-7-11-15-20-31-22-19-30-28(25-31)18-14-10-6-2-4-8-12-16-21-32-24-27(17-13-9-5-1)23-29(30)26-32/h5-6,9-10,27-30H,1-4,7-8,11-26H2. The molecule has 6 bridgehead atoms. The quantitative estimate of drug-likeness (QED) is 0.361. The lowest BCUT2D eigenvalue weighted by Gasteiger charge is -2.47. The Morgan fingerprint density at radius 1 is 0.469 bits per heavy atom. The summed E-state index contributed by atoms with van der Waals surface area (Å²) in [4.78, 5) is 5.77. The summed E-state index contributed by atoms with van der Waals surface area (Å²) in [5.41, 5.74) is 0. The van der Waals surface area contributed by atoms with Crippen LogP contribution in [0.2, 0.25) is 0 Å². The number of hydrogen-bond acceptors (Lipinski definition) is 2. The Kier molecular flexibility index (Phi) is 10.7. The molecule has 2 heteroatoms. The predicted octanol–water partition coefficient (Wildman–Crippen LogP) is 7.46. The second-order valence-corrected chi connectivity index (χ2v) is 11.6. The van der Waals surface area contributed by atoms with Gasteiger partial charge in [-0.25, -0.2) is 0 Å². The van der Waals surface area contributed by atoms with E-state index in [1.54, 1.807) is 0 Å². The van der Waals surface area contributed by atoms with Crippen LogP contribution in [0.25, 0.3) is 0 Å². The van der Waals surface area contributed by atoms with Crippen molar-refractivity contribution < 1.29 is 0 Å². The van der Waals surface area contributed by atoms with Crippen LogP contribution in [0.3, 0.4) is 0 Å². The number of fused-ring (bicyclic) bond motifs is 10. The molecule has 5 aliphatic rings. The van der Waals surface area contributed by atoms with Gasteiger partial charge in [0.2, 0.25) is 0 Å². The molecule has 0 radical (unpaired) electrons. The van der Waals surface area contributed by atoms with Gasteiger partial charge in [-0.3, -0.25) is 0 Å². The smallest absolute Gasteiger partial charge is 0.00127 e. The topological polar surface area (TPSA) is 6.48 Å². The Labute approximate surface area is 199 Å². The van der Waals surface area contributed by atoms with E-state index < -0.39 is 0 Å². The maximum atomic E-state index is 2.91. The van der Waals surface area contributed by atoms with Crippen molar-refractivity contribution in [2.75, 3.05) is 39.3 Å². The van der Waals surface area contributed by atoms with Crippen LogP contribution in [-0.4, -0.2) is 49.1 Å². The van der Waals surface area contributed by atoms with Crippen LogP contribution < -0.4 is 0 Å². The van der Waals surface area contributed by atoms with Crippen molar-refractivity contribution in [2.45, 2.75) is 103 Å². The van der Waals surface area contributed by atoms with Gasteiger partial charge in [-0.2, -0.15) is 0 Å². The number of piperidine rings is 2. The second-order valence-electron chi connectivity index (χ2n) is 11.6. The van der Waals surface area contributed by atoms with Gasteiger partial charge < -0.3 is 9.80 Å². The lowest BCUT2D eigenvalue weighted by molar-refractivity contribution is 0.0201. The lowest BCUT2D eigenvalue weighted by Crippen LogP contribution is -2.49. The Hall–Kier alpha value is -0.600. The van der Waals surface area contributed by atoms with Gasteiger partial charge >= 0.3 is 0 Å². The molecule has 0 spiro atoms. The van der Waals surface area contributed by atoms with E-state index in [1.165, 1.54) is 142 Å². The van der Waals surface area contributed by atoms with Gasteiger partial charge in [0.05, 0.1) is 0 Å². The van der Waals surface area contributed by atoms with E-state index >= 15 is 0 Å². The first kappa shape index (κ1) is 24.5. The SMILES string of the molecule is C1=CCCC2CC3CN(CCCCCCC=CCCC4CN(CCCCCC1)CCC43)C2. The third kappa shape index (κ3) is 8.01. The van der Waals surface area contributed by atoms with Crippen LogP contribution in [0, 0.1) is 23.7 Å². The van der Waals surface area contributed by atoms with Crippen molar-refractivity contribution in [3.8, 4) is 0 Å². The van der Waals surface area contributed by atoms with Crippen LogP contribution >= 0.6 is 0 Å². The fourth-order valence-corrected chi connectivity index (χ4v) is 7.32. The van der Waals surface area contributed by atoms with E-state index in [1.807, 2.05) is 0 Å². The highest BCUT2D eigenvalue weighted by molar-refractivity contribution is 4.93. The van der Waals surface area contributed by atoms with Crippen molar-refractivity contribution in [2.24, 2.45) is 23.7 Å². The molecule has 0 aromatic rings. The predicted molar refractivity (Wildman–Crippen MR) is 139 cm³/mol. The molecule has 5 aliphatic heterocycles. The van der Waals surface area contributed by atoms with Gasteiger partial charge in [0.15, 0.2) is 0 Å². The zero-order valence-corrected chi connectivity index (χ0v) is 21.1. The van der Waals surface area contributed by atoms with E-state index in [9.17, 15) is 0 Å². The lowest BCUT2D eigenvalue weighted by atomic mass is 9.69. The summed E-state index contributed by atoms with van der Waals surface area (Å²) < 4.78 is 0. The molecule has 0 amide bonds. The first-order valence-electron chi connectivity index (χ1n) is 14.6. The Morgan fingerprint density at radius 2 is 1.09 bits per heavy atom. The molecule has 5 rings (SSSR count). The van der Waals surface area contributed by atoms with Crippen molar-refractivity contribution in [3.05, 3.63) is 24.3 Å². The van der Waals surface area contributed by atoms with Crippen LogP contribution in [0.5, 0.6) is 0 Å². The van der Waals surface area contributed by atoms with Crippen molar-refractivity contribution in [1.82, 2.24) is 9.80 Å². The van der Waals surface area contributed by atoms with Gasteiger partial charge in [-0.15, -0.1) is 0 Å². The minimum Gasteiger partial charge on any atom is -0.303 e. The molecule has 6 atom stereocenters. The summed E-state index contributed by atoms with van der Waals surface area (Å²) in [5.74, 6) is 3.79. The summed E-state index contributed by atoms with van der Waals surface area (Å²) in [6.45, 7) is 8.27. The molecule has 0 aliphatic carbocycles. The summed E-state index contributed by atoms with van der Waals surface area (Å²) in [6, 6.07) is 0. The van der Waals surface area contributed by atoms with Crippen LogP contribution in [-0.2, 0) is 0 Å². The zero-order valence-electron chi connectivity index (χ0n) is 21.1. The normalized spacial score (nSPS) is 38.8. The van der Waals surface area contributed by atoms with Gasteiger partial charge in [0.1, 0.15) is 0 Å². The van der Waals surface area contributed by atoms with Crippen molar-refractivity contribution >= 4 is 0 Å². The third-order valence-electron chi connectivity index (χ3n) is 9.10. The minimum atomic E-state index is 0.930. The van der Waals surface area contributed by atoms with Gasteiger partial charge in [0.25, 0.3) is 0 Å². The first-order chi connectivity index (χ1) is 15.9.